The third-order valence-corrected chi connectivity index (χ3v) is 4.40. The summed E-state index contributed by atoms with van der Waals surface area (Å²) in [6.07, 6.45) is -9.62. The molecule has 3 rings (SSSR count). The lowest BCUT2D eigenvalue weighted by Gasteiger charge is -2.16. The maximum absolute atomic E-state index is 13.8. The van der Waals surface area contributed by atoms with E-state index in [9.17, 15) is 40.3 Å². The molecule has 12 heteroatoms. The largest absolute Gasteiger partial charge is 0.418 e. The molecule has 0 saturated heterocycles. The van der Waals surface area contributed by atoms with Gasteiger partial charge in [0.15, 0.2) is 0 Å². The number of anilines is 3. The maximum Gasteiger partial charge on any atom is 0.418 e. The van der Waals surface area contributed by atoms with Gasteiger partial charge in [0.2, 0.25) is 0 Å². The summed E-state index contributed by atoms with van der Waals surface area (Å²) in [5, 5.41) is 6.15. The summed E-state index contributed by atoms with van der Waals surface area (Å²) < 4.78 is 92.7. The Morgan fingerprint density at radius 3 is 1.94 bits per heavy atom. The van der Waals surface area contributed by atoms with Crippen molar-refractivity contribution in [2.75, 3.05) is 16.0 Å². The van der Waals surface area contributed by atoms with E-state index in [1.165, 1.54) is 12.1 Å². The van der Waals surface area contributed by atoms with Gasteiger partial charge in [-0.3, -0.25) is 4.79 Å². The van der Waals surface area contributed by atoms with E-state index in [1.807, 2.05) is 5.32 Å². The number of benzene rings is 3. The summed E-state index contributed by atoms with van der Waals surface area (Å²) in [5.41, 5.74) is -4.13. The van der Waals surface area contributed by atoms with Gasteiger partial charge in [-0.1, -0.05) is 18.2 Å². The van der Waals surface area contributed by atoms with Gasteiger partial charge < -0.3 is 16.0 Å². The van der Waals surface area contributed by atoms with Crippen LogP contribution in [0.1, 0.15) is 21.5 Å². The van der Waals surface area contributed by atoms with E-state index in [-0.39, 0.29) is 11.4 Å². The Kier molecular flexibility index (Phi) is 6.80. The number of nitrogens with one attached hydrogen (secondary N) is 3. The lowest BCUT2D eigenvalue weighted by atomic mass is 10.1. The van der Waals surface area contributed by atoms with E-state index in [1.54, 1.807) is 0 Å². The minimum Gasteiger partial charge on any atom is -0.321 e. The summed E-state index contributed by atoms with van der Waals surface area (Å²) in [6, 6.07) is 9.63. The van der Waals surface area contributed by atoms with Crippen molar-refractivity contribution in [3.63, 3.8) is 0 Å². The maximum atomic E-state index is 13.8. The first-order valence-corrected chi connectivity index (χ1v) is 9.37. The fraction of sp³-hybridized carbons (Fsp3) is 0.0909. The Bertz CT molecular complexity index is 1220. The Labute approximate surface area is 187 Å². The highest BCUT2D eigenvalue weighted by Gasteiger charge is 2.35. The van der Waals surface area contributed by atoms with Crippen LogP contribution in [0.15, 0.2) is 66.7 Å². The molecule has 0 radical (unpaired) electrons. The SMILES string of the molecule is O=C(Nc1cccc(C(F)(F)F)c1)Nc1ccc(NC(=O)c2ccccc2F)c(C(F)(F)F)c1. The van der Waals surface area contributed by atoms with Gasteiger partial charge in [-0.05, 0) is 48.5 Å². The second kappa shape index (κ2) is 9.41. The molecular formula is C22H14F7N3O2. The molecule has 0 unspecified atom stereocenters. The first kappa shape index (κ1) is 24.6. The van der Waals surface area contributed by atoms with Crippen molar-refractivity contribution in [2.24, 2.45) is 0 Å². The first-order chi connectivity index (χ1) is 15.8. The summed E-state index contributed by atoms with van der Waals surface area (Å²) >= 11 is 0. The summed E-state index contributed by atoms with van der Waals surface area (Å²) in [7, 11) is 0. The number of hydrogen-bond acceptors (Lipinski definition) is 2. The van der Waals surface area contributed by atoms with Crippen molar-refractivity contribution in [1.82, 2.24) is 0 Å². The average Bonchev–Trinajstić information content (AvgIpc) is 2.74. The average molecular weight is 485 g/mol. The minimum atomic E-state index is -4.97. The van der Waals surface area contributed by atoms with E-state index < -0.39 is 52.5 Å². The van der Waals surface area contributed by atoms with Crippen LogP contribution >= 0.6 is 0 Å². The number of carbonyl (C=O) groups is 2. The number of alkyl halides is 6. The zero-order valence-electron chi connectivity index (χ0n) is 16.8. The molecule has 0 aliphatic heterocycles. The molecule has 0 bridgehead atoms. The van der Waals surface area contributed by atoms with Gasteiger partial charge >= 0.3 is 18.4 Å². The predicted molar refractivity (Wildman–Crippen MR) is 110 cm³/mol. The molecule has 5 nitrogen and oxygen atoms in total. The number of rotatable bonds is 4. The fourth-order valence-electron chi connectivity index (χ4n) is 2.87. The van der Waals surface area contributed by atoms with Gasteiger partial charge in [0.25, 0.3) is 5.91 Å². The molecule has 3 N–H and O–H groups in total. The monoisotopic (exact) mass is 485 g/mol. The van der Waals surface area contributed by atoms with Crippen LogP contribution in [0, 0.1) is 5.82 Å². The highest BCUT2D eigenvalue weighted by molar-refractivity contribution is 6.05. The Balaban J connectivity index is 1.79. The number of urea groups is 1. The van der Waals surface area contributed by atoms with Crippen LogP contribution in [-0.2, 0) is 12.4 Å². The third kappa shape index (κ3) is 6.03. The number of halogens is 7. The first-order valence-electron chi connectivity index (χ1n) is 9.37. The second-order valence-electron chi connectivity index (χ2n) is 6.85. The van der Waals surface area contributed by atoms with E-state index in [2.05, 4.69) is 10.6 Å². The lowest BCUT2D eigenvalue weighted by Crippen LogP contribution is -2.21. The smallest absolute Gasteiger partial charge is 0.321 e. The number of carbonyl (C=O) groups excluding carboxylic acids is 2. The molecule has 3 aromatic rings. The van der Waals surface area contributed by atoms with Gasteiger partial charge in [-0.2, -0.15) is 26.3 Å². The standard InChI is InChI=1S/C22H14F7N3O2/c23-17-7-2-1-6-15(17)19(33)32-18-9-8-14(11-16(18)22(27,28)29)31-20(34)30-13-5-3-4-12(10-13)21(24,25)26/h1-11H,(H,32,33)(H2,30,31,34). The minimum absolute atomic E-state index is 0.239. The van der Waals surface area contributed by atoms with Crippen LogP contribution in [0.4, 0.5) is 52.6 Å². The molecule has 0 saturated carbocycles. The Morgan fingerprint density at radius 2 is 1.32 bits per heavy atom. The summed E-state index contributed by atoms with van der Waals surface area (Å²) in [6.45, 7) is 0. The van der Waals surface area contributed by atoms with Crippen LogP contribution in [0.2, 0.25) is 0 Å². The highest BCUT2D eigenvalue weighted by atomic mass is 19.4. The second-order valence-corrected chi connectivity index (χ2v) is 6.85. The van der Waals surface area contributed by atoms with Gasteiger partial charge in [0.1, 0.15) is 5.82 Å². The molecule has 178 valence electrons. The Morgan fingerprint density at radius 1 is 0.676 bits per heavy atom. The van der Waals surface area contributed by atoms with Gasteiger partial charge in [0.05, 0.1) is 22.4 Å². The molecule has 0 atom stereocenters. The molecule has 0 aliphatic rings. The zero-order chi connectivity index (χ0) is 25.1. The number of amides is 3. The predicted octanol–water partition coefficient (Wildman–Crippen LogP) is 6.76. The van der Waals surface area contributed by atoms with E-state index >= 15 is 0 Å². The van der Waals surface area contributed by atoms with Gasteiger partial charge in [-0.25, -0.2) is 9.18 Å². The molecular weight excluding hydrogens is 471 g/mol. The molecule has 0 heterocycles. The molecule has 0 spiro atoms. The highest BCUT2D eigenvalue weighted by Crippen LogP contribution is 2.37. The zero-order valence-corrected chi connectivity index (χ0v) is 16.8. The van der Waals surface area contributed by atoms with E-state index in [0.29, 0.717) is 12.1 Å². The summed E-state index contributed by atoms with van der Waals surface area (Å²) in [5.74, 6) is -2.05. The van der Waals surface area contributed by atoms with E-state index in [0.717, 1.165) is 42.5 Å². The Hall–Kier alpha value is -4.09. The van der Waals surface area contributed by atoms with E-state index in [4.69, 9.17) is 0 Å². The molecule has 0 aliphatic carbocycles. The number of hydrogen-bond donors (Lipinski definition) is 3. The molecule has 34 heavy (non-hydrogen) atoms. The molecule has 0 aromatic heterocycles. The van der Waals surface area contributed by atoms with Crippen LogP contribution in [0.25, 0.3) is 0 Å². The van der Waals surface area contributed by atoms with Crippen molar-refractivity contribution in [3.05, 3.63) is 89.2 Å². The van der Waals surface area contributed by atoms with Gasteiger partial charge in [0, 0.05) is 11.4 Å². The molecule has 0 fully saturated rings. The quantitative estimate of drug-likeness (QED) is 0.358. The summed E-state index contributed by atoms with van der Waals surface area (Å²) in [4.78, 5) is 24.3. The van der Waals surface area contributed by atoms with Crippen LogP contribution in [0.5, 0.6) is 0 Å². The van der Waals surface area contributed by atoms with Crippen molar-refractivity contribution in [3.8, 4) is 0 Å². The molecule has 3 aromatic carbocycles. The fourth-order valence-corrected chi connectivity index (χ4v) is 2.87. The van der Waals surface area contributed by atoms with Crippen LogP contribution in [0.3, 0.4) is 0 Å². The van der Waals surface area contributed by atoms with Crippen LogP contribution < -0.4 is 16.0 Å². The third-order valence-electron chi connectivity index (χ3n) is 4.40. The topological polar surface area (TPSA) is 70.2 Å². The molecule has 3 amide bonds. The van der Waals surface area contributed by atoms with Crippen molar-refractivity contribution < 1.29 is 40.3 Å². The van der Waals surface area contributed by atoms with Crippen molar-refractivity contribution in [2.45, 2.75) is 12.4 Å². The van der Waals surface area contributed by atoms with Crippen LogP contribution in [-0.4, -0.2) is 11.9 Å². The van der Waals surface area contributed by atoms with Crippen molar-refractivity contribution in [1.29, 1.82) is 0 Å². The van der Waals surface area contributed by atoms with Crippen molar-refractivity contribution >= 4 is 29.0 Å². The normalized spacial score (nSPS) is 11.6. The lowest BCUT2D eigenvalue weighted by molar-refractivity contribution is -0.138. The van der Waals surface area contributed by atoms with Gasteiger partial charge in [-0.15, -0.1) is 0 Å².